The standard InChI is InChI=1S/C11H13Br2NO3S/c12-9-4-8(18-11(9)13)5-14-1-2-17-6-7(14)3-10(15)16/h4,7H,1-3,5-6H2,(H,15,16). The van der Waals surface area contributed by atoms with Crippen molar-refractivity contribution in [2.75, 3.05) is 19.8 Å². The molecule has 1 aromatic heterocycles. The van der Waals surface area contributed by atoms with Gasteiger partial charge in [-0.2, -0.15) is 0 Å². The molecule has 0 radical (unpaired) electrons. The third kappa shape index (κ3) is 3.77. The molecule has 0 bridgehead atoms. The van der Waals surface area contributed by atoms with E-state index in [2.05, 4.69) is 42.8 Å². The van der Waals surface area contributed by atoms with E-state index >= 15 is 0 Å². The minimum absolute atomic E-state index is 0.0316. The van der Waals surface area contributed by atoms with Crippen molar-refractivity contribution >= 4 is 49.2 Å². The molecule has 1 atom stereocenters. The molecule has 100 valence electrons. The molecule has 0 aromatic carbocycles. The summed E-state index contributed by atoms with van der Waals surface area (Å²) in [6.45, 7) is 2.73. The highest BCUT2D eigenvalue weighted by Gasteiger charge is 2.25. The van der Waals surface area contributed by atoms with Gasteiger partial charge in [-0.1, -0.05) is 0 Å². The van der Waals surface area contributed by atoms with Crippen molar-refractivity contribution in [3.8, 4) is 0 Å². The quantitative estimate of drug-likeness (QED) is 0.846. The maximum absolute atomic E-state index is 10.8. The van der Waals surface area contributed by atoms with Crippen molar-refractivity contribution in [1.82, 2.24) is 4.90 Å². The summed E-state index contributed by atoms with van der Waals surface area (Å²) < 4.78 is 7.48. The molecule has 1 aliphatic rings. The van der Waals surface area contributed by atoms with E-state index in [1.165, 1.54) is 4.88 Å². The van der Waals surface area contributed by atoms with Gasteiger partial charge in [0.1, 0.15) is 0 Å². The van der Waals surface area contributed by atoms with Crippen LogP contribution in [0.15, 0.2) is 14.3 Å². The Balaban J connectivity index is 2.02. The van der Waals surface area contributed by atoms with Crippen LogP contribution in [0, 0.1) is 0 Å². The number of hydrogen-bond donors (Lipinski definition) is 1. The molecule has 1 fully saturated rings. The van der Waals surface area contributed by atoms with Crippen LogP contribution in [0.4, 0.5) is 0 Å². The van der Waals surface area contributed by atoms with Crippen molar-refractivity contribution in [2.24, 2.45) is 0 Å². The Morgan fingerprint density at radius 2 is 2.39 bits per heavy atom. The average molecular weight is 399 g/mol. The van der Waals surface area contributed by atoms with Gasteiger partial charge in [-0.3, -0.25) is 9.69 Å². The normalized spacial score (nSPS) is 21.1. The van der Waals surface area contributed by atoms with Crippen LogP contribution < -0.4 is 0 Å². The van der Waals surface area contributed by atoms with Crippen molar-refractivity contribution < 1.29 is 14.6 Å². The predicted molar refractivity (Wildman–Crippen MR) is 77.0 cm³/mol. The molecule has 1 N–H and O–H groups in total. The fraction of sp³-hybridized carbons (Fsp3) is 0.545. The predicted octanol–water partition coefficient (Wildman–Crippen LogP) is 2.95. The highest BCUT2D eigenvalue weighted by Crippen LogP contribution is 2.33. The molecule has 1 saturated heterocycles. The monoisotopic (exact) mass is 397 g/mol. The summed E-state index contributed by atoms with van der Waals surface area (Å²) >= 11 is 8.60. The number of halogens is 2. The highest BCUT2D eigenvalue weighted by atomic mass is 79.9. The number of hydrogen-bond acceptors (Lipinski definition) is 4. The summed E-state index contributed by atoms with van der Waals surface area (Å²) in [6.07, 6.45) is 0.133. The number of rotatable bonds is 4. The first-order valence-corrected chi connectivity index (χ1v) is 7.94. The van der Waals surface area contributed by atoms with Gasteiger partial charge in [0, 0.05) is 28.5 Å². The van der Waals surface area contributed by atoms with Gasteiger partial charge in [0.05, 0.1) is 23.4 Å². The molecular weight excluding hydrogens is 386 g/mol. The Kier molecular flexibility index (Phi) is 5.20. The average Bonchev–Trinajstić information content (AvgIpc) is 2.60. The third-order valence-corrected chi connectivity index (χ3v) is 6.06. The van der Waals surface area contributed by atoms with E-state index in [9.17, 15) is 4.79 Å². The van der Waals surface area contributed by atoms with Crippen LogP contribution in [0.5, 0.6) is 0 Å². The minimum Gasteiger partial charge on any atom is -0.481 e. The minimum atomic E-state index is -0.774. The van der Waals surface area contributed by atoms with Crippen molar-refractivity contribution in [1.29, 1.82) is 0 Å². The van der Waals surface area contributed by atoms with E-state index in [0.29, 0.717) is 13.2 Å². The van der Waals surface area contributed by atoms with Gasteiger partial charge in [-0.15, -0.1) is 11.3 Å². The zero-order valence-corrected chi connectivity index (χ0v) is 13.6. The second-order valence-corrected chi connectivity index (χ2v) is 7.44. The van der Waals surface area contributed by atoms with E-state index < -0.39 is 5.97 Å². The van der Waals surface area contributed by atoms with Crippen LogP contribution in [-0.2, 0) is 16.1 Å². The fourth-order valence-electron chi connectivity index (χ4n) is 1.96. The second kappa shape index (κ2) is 6.47. The summed E-state index contributed by atoms with van der Waals surface area (Å²) in [6, 6.07) is 2.04. The third-order valence-electron chi connectivity index (χ3n) is 2.81. The molecule has 1 aromatic rings. The van der Waals surface area contributed by atoms with E-state index in [0.717, 1.165) is 21.3 Å². The number of thiophene rings is 1. The Hall–Kier alpha value is 0.0500. The van der Waals surface area contributed by atoms with E-state index in [1.54, 1.807) is 11.3 Å². The number of morpholine rings is 1. The zero-order valence-electron chi connectivity index (χ0n) is 9.57. The molecule has 18 heavy (non-hydrogen) atoms. The molecule has 0 saturated carbocycles. The number of nitrogens with zero attached hydrogens (tertiary/aromatic N) is 1. The number of carboxylic acid groups (broad SMARTS) is 1. The fourth-order valence-corrected chi connectivity index (χ4v) is 4.16. The first-order chi connectivity index (χ1) is 8.56. The van der Waals surface area contributed by atoms with E-state index in [4.69, 9.17) is 9.84 Å². The van der Waals surface area contributed by atoms with Crippen LogP contribution in [0.3, 0.4) is 0 Å². The van der Waals surface area contributed by atoms with E-state index in [-0.39, 0.29) is 12.5 Å². The van der Waals surface area contributed by atoms with Gasteiger partial charge in [-0.05, 0) is 37.9 Å². The van der Waals surface area contributed by atoms with Gasteiger partial charge in [-0.25, -0.2) is 0 Å². The SMILES string of the molecule is O=C(O)CC1COCCN1Cc1cc(Br)c(Br)s1. The number of ether oxygens (including phenoxy) is 1. The zero-order chi connectivity index (χ0) is 13.1. The van der Waals surface area contributed by atoms with Crippen molar-refractivity contribution in [3.05, 3.63) is 19.2 Å². The van der Waals surface area contributed by atoms with Crippen LogP contribution in [0.1, 0.15) is 11.3 Å². The lowest BCUT2D eigenvalue weighted by Crippen LogP contribution is -2.45. The molecule has 2 heterocycles. The Morgan fingerprint density at radius 1 is 1.61 bits per heavy atom. The molecule has 0 aliphatic carbocycles. The molecule has 4 nitrogen and oxygen atoms in total. The number of aliphatic carboxylic acids is 1. The Morgan fingerprint density at radius 3 is 3.00 bits per heavy atom. The lowest BCUT2D eigenvalue weighted by Gasteiger charge is -2.34. The number of carboxylic acids is 1. The molecule has 1 aliphatic heterocycles. The smallest absolute Gasteiger partial charge is 0.305 e. The molecule has 0 spiro atoms. The van der Waals surface area contributed by atoms with Gasteiger partial charge in [0.2, 0.25) is 0 Å². The maximum atomic E-state index is 10.8. The van der Waals surface area contributed by atoms with Crippen LogP contribution in [0.25, 0.3) is 0 Å². The van der Waals surface area contributed by atoms with Crippen LogP contribution >= 0.6 is 43.2 Å². The van der Waals surface area contributed by atoms with Gasteiger partial charge in [0.15, 0.2) is 0 Å². The van der Waals surface area contributed by atoms with Gasteiger partial charge in [0.25, 0.3) is 0 Å². The Bertz CT molecular complexity index is 418. The van der Waals surface area contributed by atoms with Crippen molar-refractivity contribution in [2.45, 2.75) is 19.0 Å². The first kappa shape index (κ1) is 14.5. The molecular formula is C11H13Br2NO3S. The first-order valence-electron chi connectivity index (χ1n) is 5.53. The van der Waals surface area contributed by atoms with Crippen LogP contribution in [0.2, 0.25) is 0 Å². The summed E-state index contributed by atoms with van der Waals surface area (Å²) in [7, 11) is 0. The molecule has 1 unspecified atom stereocenters. The molecule has 7 heteroatoms. The van der Waals surface area contributed by atoms with Gasteiger partial charge >= 0.3 is 5.97 Å². The lowest BCUT2D eigenvalue weighted by molar-refractivity contribution is -0.140. The lowest BCUT2D eigenvalue weighted by atomic mass is 10.1. The number of carbonyl (C=O) groups is 1. The van der Waals surface area contributed by atoms with Crippen molar-refractivity contribution in [3.63, 3.8) is 0 Å². The summed E-state index contributed by atoms with van der Waals surface area (Å²) in [5, 5.41) is 8.90. The van der Waals surface area contributed by atoms with Crippen LogP contribution in [-0.4, -0.2) is 41.8 Å². The van der Waals surface area contributed by atoms with E-state index in [1.807, 2.05) is 0 Å². The summed E-state index contributed by atoms with van der Waals surface area (Å²) in [5.74, 6) is -0.774. The summed E-state index contributed by atoms with van der Waals surface area (Å²) in [4.78, 5) is 14.2. The molecule has 0 amide bonds. The molecule has 2 rings (SSSR count). The summed E-state index contributed by atoms with van der Waals surface area (Å²) in [5.41, 5.74) is 0. The highest BCUT2D eigenvalue weighted by molar-refractivity contribution is 9.13. The Labute approximate surface area is 126 Å². The maximum Gasteiger partial charge on any atom is 0.305 e. The largest absolute Gasteiger partial charge is 0.481 e. The van der Waals surface area contributed by atoms with Gasteiger partial charge < -0.3 is 9.84 Å². The topological polar surface area (TPSA) is 49.8 Å². The second-order valence-electron chi connectivity index (χ2n) is 4.13.